The lowest BCUT2D eigenvalue weighted by molar-refractivity contribution is -0.138. The molecule has 3 rings (SSSR count). The molecule has 9 heteroatoms. The van der Waals surface area contributed by atoms with Crippen molar-refractivity contribution in [1.82, 2.24) is 15.2 Å². The van der Waals surface area contributed by atoms with Crippen molar-refractivity contribution in [1.29, 1.82) is 0 Å². The average Bonchev–Trinajstić information content (AvgIpc) is 3.26. The minimum absolute atomic E-state index is 0.0175. The smallest absolute Gasteiger partial charge is 0.416 e. The zero-order valence-corrected chi connectivity index (χ0v) is 13.2. The molecule has 0 saturated heterocycles. The first kappa shape index (κ1) is 17.6. The molecule has 26 heavy (non-hydrogen) atoms. The Morgan fingerprint density at radius 1 is 1.12 bits per heavy atom. The number of halogens is 3. The van der Waals surface area contributed by atoms with Gasteiger partial charge in [0.05, 0.1) is 11.8 Å². The Morgan fingerprint density at radius 2 is 1.88 bits per heavy atom. The zero-order valence-electron chi connectivity index (χ0n) is 13.2. The minimum Gasteiger partial charge on any atom is -0.469 e. The van der Waals surface area contributed by atoms with Gasteiger partial charge in [0.15, 0.2) is 0 Å². The molecule has 0 radical (unpaired) electrons. The van der Waals surface area contributed by atoms with E-state index < -0.39 is 23.3 Å². The summed E-state index contributed by atoms with van der Waals surface area (Å²) in [4.78, 5) is 27.6. The van der Waals surface area contributed by atoms with Gasteiger partial charge in [-0.3, -0.25) is 14.7 Å². The molecule has 0 bridgehead atoms. The molecule has 0 unspecified atom stereocenters. The molecular weight excluding hydrogens is 351 g/mol. The monoisotopic (exact) mass is 363 g/mol. The number of aromatic nitrogens is 3. The van der Waals surface area contributed by atoms with Crippen molar-refractivity contribution in [2.75, 3.05) is 0 Å². The minimum atomic E-state index is -4.50. The third-order valence-corrected chi connectivity index (χ3v) is 3.73. The van der Waals surface area contributed by atoms with Crippen molar-refractivity contribution in [3.05, 3.63) is 71.2 Å². The molecule has 1 aromatic carbocycles. The molecule has 3 aromatic rings. The van der Waals surface area contributed by atoms with Crippen molar-refractivity contribution >= 4 is 11.6 Å². The van der Waals surface area contributed by atoms with E-state index >= 15 is 0 Å². The Bertz CT molecular complexity index is 930. The van der Waals surface area contributed by atoms with Crippen LogP contribution in [-0.4, -0.2) is 26.7 Å². The first-order chi connectivity index (χ1) is 12.4. The average molecular weight is 363 g/mol. The maximum atomic E-state index is 13.1. The van der Waals surface area contributed by atoms with Gasteiger partial charge in [0.2, 0.25) is 11.6 Å². The summed E-state index contributed by atoms with van der Waals surface area (Å²) in [6, 6.07) is 6.57. The summed E-state index contributed by atoms with van der Waals surface area (Å²) in [5.74, 6) is -1.73. The van der Waals surface area contributed by atoms with Crippen molar-refractivity contribution < 1.29 is 27.2 Å². The molecular formula is C17H12F3N3O3. The van der Waals surface area contributed by atoms with E-state index in [2.05, 4.69) is 15.2 Å². The summed E-state index contributed by atoms with van der Waals surface area (Å²) in [6.45, 7) is 0. The molecule has 0 saturated carbocycles. The van der Waals surface area contributed by atoms with E-state index in [0.717, 1.165) is 12.4 Å². The molecule has 0 spiro atoms. The molecule has 0 aliphatic carbocycles. The van der Waals surface area contributed by atoms with Crippen molar-refractivity contribution in [3.63, 3.8) is 0 Å². The molecule has 6 nitrogen and oxygen atoms in total. The van der Waals surface area contributed by atoms with E-state index in [-0.39, 0.29) is 30.0 Å². The normalized spacial score (nSPS) is 11.5. The lowest BCUT2D eigenvalue weighted by atomic mass is 9.99. The first-order valence-electron chi connectivity index (χ1n) is 7.50. The predicted molar refractivity (Wildman–Crippen MR) is 82.4 cm³/mol. The molecule has 2 aromatic heterocycles. The fraction of sp³-hybridized carbons (Fsp3) is 0.176. The highest BCUT2D eigenvalue weighted by Crippen LogP contribution is 2.33. The van der Waals surface area contributed by atoms with Gasteiger partial charge in [-0.15, -0.1) is 5.10 Å². The highest BCUT2D eigenvalue weighted by atomic mass is 19.4. The first-order valence-corrected chi connectivity index (χ1v) is 7.50. The number of hydrogen-bond donors (Lipinski definition) is 1. The van der Waals surface area contributed by atoms with Crippen molar-refractivity contribution in [2.45, 2.75) is 19.0 Å². The number of nitrogens with one attached hydrogen (secondary N) is 1. The summed E-state index contributed by atoms with van der Waals surface area (Å²) in [7, 11) is 0. The third-order valence-electron chi connectivity index (χ3n) is 3.73. The van der Waals surface area contributed by atoms with Crippen LogP contribution >= 0.6 is 0 Å². The van der Waals surface area contributed by atoms with Crippen LogP contribution < -0.4 is 0 Å². The van der Waals surface area contributed by atoms with Gasteiger partial charge in [-0.25, -0.2) is 4.98 Å². The summed E-state index contributed by atoms with van der Waals surface area (Å²) in [6.07, 6.45) is -2.53. The number of carbonyl (C=O) groups excluding carboxylic acids is 2. The highest BCUT2D eigenvalue weighted by Gasteiger charge is 2.33. The van der Waals surface area contributed by atoms with E-state index in [0.29, 0.717) is 5.56 Å². The van der Waals surface area contributed by atoms with Gasteiger partial charge in [-0.05, 0) is 17.7 Å². The largest absolute Gasteiger partial charge is 0.469 e. The Hall–Kier alpha value is -3.23. The van der Waals surface area contributed by atoms with Gasteiger partial charge in [0.1, 0.15) is 12.1 Å². The van der Waals surface area contributed by atoms with Crippen LogP contribution in [0.3, 0.4) is 0 Å². The zero-order chi connectivity index (χ0) is 18.7. The molecule has 1 N–H and O–H groups in total. The molecule has 2 heterocycles. The molecule has 0 aliphatic rings. The molecule has 0 aliphatic heterocycles. The number of benzene rings is 1. The van der Waals surface area contributed by atoms with E-state index in [9.17, 15) is 22.8 Å². The van der Waals surface area contributed by atoms with Gasteiger partial charge in [0.25, 0.3) is 5.78 Å². The molecule has 0 amide bonds. The number of Topliss-reactive ketones (excluding diaryl/α,β-unsaturated/α-hetero) is 2. The van der Waals surface area contributed by atoms with Crippen molar-refractivity contribution in [2.24, 2.45) is 0 Å². The summed E-state index contributed by atoms with van der Waals surface area (Å²) >= 11 is 0. The number of alkyl halides is 3. The Labute approximate surface area is 145 Å². The number of aromatic amines is 1. The number of hydrogen-bond acceptors (Lipinski definition) is 5. The van der Waals surface area contributed by atoms with E-state index in [4.69, 9.17) is 4.42 Å². The standard InChI is InChI=1S/C17H12F3N3O3/c18-17(19,20)12-4-2-1-3-10(12)8-14-11(5-6-26-14)7-13(24)15(25)16-21-9-22-23-16/h1-6,9H,7-8H2,(H,21,22,23). The van der Waals surface area contributed by atoms with E-state index in [1.54, 1.807) is 0 Å². The van der Waals surface area contributed by atoms with Crippen LogP contribution in [0.15, 0.2) is 47.3 Å². The Balaban J connectivity index is 1.80. The van der Waals surface area contributed by atoms with Crippen LogP contribution in [0.1, 0.15) is 33.1 Å². The quantitative estimate of drug-likeness (QED) is 0.537. The van der Waals surface area contributed by atoms with Crippen LogP contribution in [0.5, 0.6) is 0 Å². The predicted octanol–water partition coefficient (Wildman–Crippen LogP) is 3.00. The van der Waals surface area contributed by atoms with Gasteiger partial charge in [0, 0.05) is 18.4 Å². The van der Waals surface area contributed by atoms with E-state index in [1.807, 2.05) is 0 Å². The van der Waals surface area contributed by atoms with Gasteiger partial charge < -0.3 is 4.42 Å². The lowest BCUT2D eigenvalue weighted by Gasteiger charge is -2.12. The second-order valence-electron chi connectivity index (χ2n) is 5.45. The van der Waals surface area contributed by atoms with Crippen LogP contribution in [0.2, 0.25) is 0 Å². The topological polar surface area (TPSA) is 88.9 Å². The SMILES string of the molecule is O=C(Cc1ccoc1Cc1ccccc1C(F)(F)F)C(=O)c1nc[nH]n1. The summed E-state index contributed by atoms with van der Waals surface area (Å²) in [5, 5.41) is 5.87. The second-order valence-corrected chi connectivity index (χ2v) is 5.45. The van der Waals surface area contributed by atoms with Crippen LogP contribution in [0.4, 0.5) is 13.2 Å². The number of rotatable bonds is 6. The third kappa shape index (κ3) is 3.71. The summed E-state index contributed by atoms with van der Waals surface area (Å²) < 4.78 is 44.6. The van der Waals surface area contributed by atoms with Gasteiger partial charge in [-0.2, -0.15) is 13.2 Å². The maximum absolute atomic E-state index is 13.1. The number of furan rings is 1. The Kier molecular flexibility index (Phi) is 4.70. The summed E-state index contributed by atoms with van der Waals surface area (Å²) in [5.41, 5.74) is -0.412. The van der Waals surface area contributed by atoms with Crippen LogP contribution in [0, 0.1) is 0 Å². The fourth-order valence-electron chi connectivity index (χ4n) is 2.50. The number of H-pyrrole nitrogens is 1. The number of ketones is 2. The van der Waals surface area contributed by atoms with Gasteiger partial charge in [-0.1, -0.05) is 18.2 Å². The number of carbonyl (C=O) groups is 2. The highest BCUT2D eigenvalue weighted by molar-refractivity contribution is 6.43. The molecule has 0 atom stereocenters. The number of nitrogens with zero attached hydrogens (tertiary/aromatic N) is 2. The molecule has 0 fully saturated rings. The molecule has 134 valence electrons. The van der Waals surface area contributed by atoms with E-state index in [1.165, 1.54) is 30.5 Å². The maximum Gasteiger partial charge on any atom is 0.416 e. The van der Waals surface area contributed by atoms with Crippen LogP contribution in [0.25, 0.3) is 0 Å². The second kappa shape index (κ2) is 6.95. The Morgan fingerprint density at radius 3 is 2.58 bits per heavy atom. The van der Waals surface area contributed by atoms with Crippen LogP contribution in [-0.2, 0) is 23.8 Å². The van der Waals surface area contributed by atoms with Crippen molar-refractivity contribution in [3.8, 4) is 0 Å². The van der Waals surface area contributed by atoms with Gasteiger partial charge >= 0.3 is 6.18 Å². The lowest BCUT2D eigenvalue weighted by Crippen LogP contribution is -2.18. The fourth-order valence-corrected chi connectivity index (χ4v) is 2.50.